The molecule has 22 nitrogen and oxygen atoms in total. The second-order valence-electron chi connectivity index (χ2n) is 33.6. The Morgan fingerprint density at radius 3 is 1.13 bits per heavy atom. The van der Waals surface area contributed by atoms with Gasteiger partial charge >= 0.3 is 18.3 Å². The molecule has 660 valence electrons. The molecule has 2 atom stereocenters. The lowest BCUT2D eigenvalue weighted by molar-refractivity contribution is 0.0339. The number of aromatic nitrogens is 7. The Kier molecular flexibility index (Phi) is 29.1. The molecule has 7 aromatic carbocycles. The van der Waals surface area contributed by atoms with Gasteiger partial charge in [-0.25, -0.2) is 46.6 Å². The maximum atomic E-state index is 13.8. The summed E-state index contributed by atoms with van der Waals surface area (Å²) in [6, 6.07) is 47.9. The summed E-state index contributed by atoms with van der Waals surface area (Å²) in [4.78, 5) is 77.1. The number of nitrogens with zero attached hydrogens (tertiary/aromatic N) is 11. The van der Waals surface area contributed by atoms with Crippen LogP contribution in [0.4, 0.5) is 27.6 Å². The van der Waals surface area contributed by atoms with Crippen molar-refractivity contribution >= 4 is 141 Å². The molecule has 5 amide bonds. The second-order valence-corrected chi connectivity index (χ2v) is 36.2. The van der Waals surface area contributed by atoms with Crippen molar-refractivity contribution in [1.82, 2.24) is 70.1 Å². The van der Waals surface area contributed by atoms with Gasteiger partial charge in [-0.3, -0.25) is 34.7 Å². The van der Waals surface area contributed by atoms with Crippen molar-refractivity contribution in [3.63, 3.8) is 0 Å². The number of fused-ring (bicyclic) bond motifs is 3. The normalized spacial score (nSPS) is 15.5. The first kappa shape index (κ1) is 93.0. The van der Waals surface area contributed by atoms with Crippen LogP contribution in [-0.4, -0.2) is 134 Å². The van der Waals surface area contributed by atoms with Gasteiger partial charge < -0.3 is 24.8 Å². The summed E-state index contributed by atoms with van der Waals surface area (Å²) in [5, 5.41) is 25.3. The number of hydrogen-bond donors (Lipinski definition) is 3. The van der Waals surface area contributed by atoms with Crippen LogP contribution < -0.4 is 16.1 Å². The van der Waals surface area contributed by atoms with Crippen LogP contribution in [-0.2, 0) is 33.5 Å². The van der Waals surface area contributed by atoms with Gasteiger partial charge in [0.05, 0.1) is 89.8 Å². The zero-order valence-electron chi connectivity index (χ0n) is 71.8. The monoisotopic (exact) mass is 1840 g/mol. The molecule has 0 spiro atoms. The fourth-order valence-corrected chi connectivity index (χ4v) is 16.3. The molecule has 31 heteroatoms. The number of rotatable bonds is 15. The summed E-state index contributed by atoms with van der Waals surface area (Å²) in [6.45, 7) is 26.8. The fourth-order valence-electron chi connectivity index (χ4n) is 14.8. The molecule has 1 saturated heterocycles. The van der Waals surface area contributed by atoms with Crippen LogP contribution in [0.1, 0.15) is 196 Å². The van der Waals surface area contributed by atoms with E-state index in [2.05, 4.69) is 27.6 Å². The summed E-state index contributed by atoms with van der Waals surface area (Å²) >= 11 is 38.6. The van der Waals surface area contributed by atoms with Crippen molar-refractivity contribution in [3.05, 3.63) is 315 Å². The van der Waals surface area contributed by atoms with Gasteiger partial charge in [-0.2, -0.15) is 15.3 Å². The molecule has 1 fully saturated rings. The number of carbonyl (C=O) groups excluding carboxylic acids is 5. The van der Waals surface area contributed by atoms with Crippen LogP contribution in [0, 0.1) is 17.5 Å². The Balaban J connectivity index is 0.000000163. The maximum Gasteiger partial charge on any atom is 0.414 e. The summed E-state index contributed by atoms with van der Waals surface area (Å²) in [6.07, 6.45) is 9.72. The van der Waals surface area contributed by atoms with Crippen molar-refractivity contribution in [2.45, 2.75) is 144 Å². The first-order valence-corrected chi connectivity index (χ1v) is 43.5. The van der Waals surface area contributed by atoms with E-state index < -0.39 is 35.1 Å². The van der Waals surface area contributed by atoms with E-state index in [-0.39, 0.29) is 65.8 Å². The SMILES string of the molecule is C=C(NC(C)c1ccccn1)c1nn(-c2ccc(Cl)cc2Cl)c2c1CCN(C(=O)OC(C)(C)C)/C2=C\c1ccc(F)cc1.CC(C)(C)OC(=O)N1CCc2c(C(=O)NN3CCCCC3)nn(-c3ccc(Cl)cc3Cl)c2/C1=C/c1ccc(F)cc1.C[C@@H](NC(=O)c1nn(-c2ccc(Cl)cc2Cl)c2c1CCN(C(=O)OC(C)(C)C)/C2=C\c1ccc(F)cc1)c1ccccc1. The van der Waals surface area contributed by atoms with Gasteiger partial charge in [0.25, 0.3) is 11.8 Å². The summed E-state index contributed by atoms with van der Waals surface area (Å²) in [5.41, 5.74) is 12.9. The van der Waals surface area contributed by atoms with Crippen LogP contribution in [0.3, 0.4) is 0 Å². The molecule has 4 aliphatic heterocycles. The number of amides is 5. The van der Waals surface area contributed by atoms with Crippen LogP contribution >= 0.6 is 69.6 Å². The molecule has 15 rings (SSSR count). The van der Waals surface area contributed by atoms with Crippen LogP contribution in [0.25, 0.3) is 58.1 Å². The number of halogens is 9. The average molecular weight is 1840 g/mol. The molecule has 1 unspecified atom stereocenters. The highest BCUT2D eigenvalue weighted by Crippen LogP contribution is 2.43. The van der Waals surface area contributed by atoms with Crippen LogP contribution in [0.15, 0.2) is 189 Å². The number of nitrogens with one attached hydrogen (secondary N) is 3. The van der Waals surface area contributed by atoms with Crippen molar-refractivity contribution in [2.75, 3.05) is 32.7 Å². The number of benzene rings is 7. The predicted octanol–water partition coefficient (Wildman–Crippen LogP) is 23.2. The molecule has 0 bridgehead atoms. The standard InChI is InChI=1S/C33H32Cl2FN5O2.C33H31Cl2FN4O3.C30H32Cl2FN5O3/c1-20(27-8-6-7-16-37-27)38-21(2)30-25-15-17-40(32(42)43-33(3,4)5)29(18-22-9-12-24(36)13-10-22)31(25)41(39-30)28-14-11-23(34)19-26(28)35;1-20(22-8-6-5-7-9-22)37-31(41)29-25-16-17-39(32(42)43-33(2,3)4)28(18-21-10-13-24(36)14-11-21)30(25)40(38-29)27-15-12-23(34)19-26(27)35;1-30(2,3)41-29(40)37-16-13-22-26(28(39)35-36-14-5-4-6-15-36)34-38(24-12-9-20(31)18-23(24)32)27(22)25(37)17-19-7-10-21(33)11-8-19/h6-14,16,18-20,38H,2,15,17H2,1,3-5H3;5-15,18-20H,16-17H2,1-4H3,(H,37,41);7-12,17-18H,4-6,13-16H2,1-3H3,(H,35,39)/b29-18-;28-18-;25-17-/t;20-;/m.1./s1. The molecule has 0 aliphatic carbocycles. The Bertz CT molecular complexity index is 5790. The molecule has 8 heterocycles. The van der Waals surface area contributed by atoms with E-state index in [9.17, 15) is 37.1 Å². The van der Waals surface area contributed by atoms with Crippen molar-refractivity contribution in [2.24, 2.45) is 0 Å². The molecular weight excluding hydrogens is 1750 g/mol. The smallest absolute Gasteiger partial charge is 0.414 e. The molecule has 4 aromatic heterocycles. The number of carbonyl (C=O) groups is 5. The number of piperidine rings is 1. The quantitative estimate of drug-likeness (QED) is 0.0811. The Morgan fingerprint density at radius 2 is 0.780 bits per heavy atom. The van der Waals surface area contributed by atoms with Crippen molar-refractivity contribution in [1.29, 1.82) is 0 Å². The molecule has 0 radical (unpaired) electrons. The highest BCUT2D eigenvalue weighted by Gasteiger charge is 2.41. The van der Waals surface area contributed by atoms with E-state index in [1.165, 1.54) is 46.2 Å². The van der Waals surface area contributed by atoms with E-state index >= 15 is 0 Å². The molecule has 11 aromatic rings. The van der Waals surface area contributed by atoms with Gasteiger partial charge in [0, 0.05) is 70.7 Å². The zero-order chi connectivity index (χ0) is 91.1. The van der Waals surface area contributed by atoms with Gasteiger partial charge in [0.2, 0.25) is 0 Å². The topological polar surface area (TPSA) is 228 Å². The van der Waals surface area contributed by atoms with E-state index in [0.717, 1.165) is 49.2 Å². The Morgan fingerprint density at radius 1 is 0.425 bits per heavy atom. The van der Waals surface area contributed by atoms with Gasteiger partial charge in [-0.05, 0) is 252 Å². The Labute approximate surface area is 765 Å². The number of hydrogen-bond acceptors (Lipinski definition) is 14. The molecule has 0 saturated carbocycles. The minimum atomic E-state index is -0.753. The maximum absolute atomic E-state index is 13.8. The summed E-state index contributed by atoms with van der Waals surface area (Å²) in [7, 11) is 0. The highest BCUT2D eigenvalue weighted by molar-refractivity contribution is 6.37. The number of ether oxygens (including phenoxy) is 3. The fraction of sp³-hybridized carbons (Fsp3) is 0.281. The molecule has 127 heavy (non-hydrogen) atoms. The van der Waals surface area contributed by atoms with E-state index in [1.54, 1.807) is 170 Å². The van der Waals surface area contributed by atoms with Gasteiger partial charge in [0.1, 0.15) is 39.9 Å². The minimum absolute atomic E-state index is 0.148. The third-order valence-electron chi connectivity index (χ3n) is 20.6. The van der Waals surface area contributed by atoms with E-state index in [1.807, 2.05) is 94.2 Å². The summed E-state index contributed by atoms with van der Waals surface area (Å²) < 4.78 is 63.5. The third-order valence-corrected chi connectivity index (χ3v) is 22.2. The molecule has 4 aliphatic rings. The number of pyridine rings is 1. The lowest BCUT2D eigenvalue weighted by Gasteiger charge is -2.33. The second kappa shape index (κ2) is 39.7. The molecular formula is C96H95Cl6F3N14O8. The lowest BCUT2D eigenvalue weighted by Crippen LogP contribution is -2.45. The zero-order valence-corrected chi connectivity index (χ0v) is 76.3. The lowest BCUT2D eigenvalue weighted by atomic mass is 9.98. The highest BCUT2D eigenvalue weighted by atomic mass is 35.5. The Hall–Kier alpha value is -11.7. The third kappa shape index (κ3) is 22.8. The van der Waals surface area contributed by atoms with Crippen LogP contribution in [0.5, 0.6) is 0 Å². The first-order valence-electron chi connectivity index (χ1n) is 41.3. The predicted molar refractivity (Wildman–Crippen MR) is 494 cm³/mol. The first-order chi connectivity index (χ1) is 60.3. The van der Waals surface area contributed by atoms with Crippen LogP contribution in [0.2, 0.25) is 30.1 Å². The number of hydrazine groups is 1. The minimum Gasteiger partial charge on any atom is -0.443 e. The van der Waals surface area contributed by atoms with Crippen molar-refractivity contribution in [3.8, 4) is 17.1 Å². The molecule has 3 N–H and O–H groups in total. The summed E-state index contributed by atoms with van der Waals surface area (Å²) in [5.74, 6) is -1.84. The van der Waals surface area contributed by atoms with Gasteiger partial charge in [-0.15, -0.1) is 0 Å². The van der Waals surface area contributed by atoms with Gasteiger partial charge in [0.15, 0.2) is 11.4 Å². The van der Waals surface area contributed by atoms with E-state index in [4.69, 9.17) is 99.1 Å². The largest absolute Gasteiger partial charge is 0.443 e. The van der Waals surface area contributed by atoms with Gasteiger partial charge in [-0.1, -0.05) is 155 Å². The van der Waals surface area contributed by atoms with Crippen molar-refractivity contribution < 1.29 is 51.4 Å². The van der Waals surface area contributed by atoms with E-state index in [0.29, 0.717) is 146 Å². The average Bonchev–Trinajstić information content (AvgIpc) is 1.61.